The maximum Gasteiger partial charge on any atom is 0.187 e. The number of allylic oxidation sites excluding steroid dienone is 1. The molecule has 0 heterocycles. The van der Waals surface area contributed by atoms with Gasteiger partial charge in [0, 0.05) is 11.1 Å². The average Bonchev–Trinajstić information content (AvgIpc) is 2.32. The number of Topliss-reactive ketones (excluding diaryl/α,β-unsaturated/α-hetero) is 1. The maximum atomic E-state index is 11.6. The summed E-state index contributed by atoms with van der Waals surface area (Å²) >= 11 is 0. The molecule has 1 N–H and O–H groups in total. The number of hydrogen-bond acceptors (Lipinski definition) is 2. The number of aliphatic hydroxyl groups excluding tert-OH is 1. The Morgan fingerprint density at radius 1 is 1.46 bits per heavy atom. The van der Waals surface area contributed by atoms with Gasteiger partial charge in [0.05, 0.1) is 0 Å². The van der Waals surface area contributed by atoms with Crippen molar-refractivity contribution in [2.75, 3.05) is 0 Å². The SMILES string of the molecule is C=C1C(=O)C(CCC)=C(CC)C1O. The summed E-state index contributed by atoms with van der Waals surface area (Å²) in [6.45, 7) is 7.59. The molecule has 2 heteroatoms. The largest absolute Gasteiger partial charge is 0.384 e. The van der Waals surface area contributed by atoms with E-state index >= 15 is 0 Å². The molecule has 0 bridgehead atoms. The Kier molecular flexibility index (Phi) is 3.04. The van der Waals surface area contributed by atoms with Crippen LogP contribution in [0.3, 0.4) is 0 Å². The van der Waals surface area contributed by atoms with Crippen molar-refractivity contribution in [2.45, 2.75) is 39.2 Å². The number of hydrogen-bond donors (Lipinski definition) is 1. The van der Waals surface area contributed by atoms with Crippen LogP contribution in [0.2, 0.25) is 0 Å². The van der Waals surface area contributed by atoms with E-state index in [1.165, 1.54) is 0 Å². The summed E-state index contributed by atoms with van der Waals surface area (Å²) in [6.07, 6.45) is 1.73. The van der Waals surface area contributed by atoms with Crippen LogP contribution in [-0.4, -0.2) is 17.0 Å². The minimum absolute atomic E-state index is 0.0359. The first-order chi connectivity index (χ1) is 6.13. The zero-order valence-electron chi connectivity index (χ0n) is 8.26. The van der Waals surface area contributed by atoms with Gasteiger partial charge < -0.3 is 5.11 Å². The van der Waals surface area contributed by atoms with Gasteiger partial charge in [-0.15, -0.1) is 0 Å². The van der Waals surface area contributed by atoms with E-state index in [1.807, 2.05) is 13.8 Å². The van der Waals surface area contributed by atoms with Gasteiger partial charge in [0.1, 0.15) is 6.10 Å². The second-order valence-electron chi connectivity index (χ2n) is 3.36. The van der Waals surface area contributed by atoms with E-state index in [1.54, 1.807) is 0 Å². The fraction of sp³-hybridized carbons (Fsp3) is 0.545. The van der Waals surface area contributed by atoms with Crippen molar-refractivity contribution in [2.24, 2.45) is 0 Å². The second-order valence-corrected chi connectivity index (χ2v) is 3.36. The van der Waals surface area contributed by atoms with Crippen LogP contribution in [0.15, 0.2) is 23.3 Å². The highest BCUT2D eigenvalue weighted by Crippen LogP contribution is 2.31. The third-order valence-corrected chi connectivity index (χ3v) is 2.49. The Morgan fingerprint density at radius 2 is 2.08 bits per heavy atom. The van der Waals surface area contributed by atoms with Gasteiger partial charge in [-0.1, -0.05) is 26.8 Å². The molecule has 1 unspecified atom stereocenters. The van der Waals surface area contributed by atoms with Gasteiger partial charge >= 0.3 is 0 Å². The lowest BCUT2D eigenvalue weighted by molar-refractivity contribution is -0.112. The molecule has 0 aromatic rings. The van der Waals surface area contributed by atoms with E-state index in [9.17, 15) is 9.90 Å². The fourth-order valence-corrected chi connectivity index (χ4v) is 1.77. The zero-order valence-corrected chi connectivity index (χ0v) is 8.26. The Balaban J connectivity index is 3.01. The predicted molar refractivity (Wildman–Crippen MR) is 52.4 cm³/mol. The number of carbonyl (C=O) groups is 1. The summed E-state index contributed by atoms with van der Waals surface area (Å²) in [5.41, 5.74) is 2.01. The minimum atomic E-state index is -0.709. The third-order valence-electron chi connectivity index (χ3n) is 2.49. The van der Waals surface area contributed by atoms with Gasteiger partial charge in [-0.2, -0.15) is 0 Å². The molecule has 72 valence electrons. The molecular weight excluding hydrogens is 164 g/mol. The first kappa shape index (κ1) is 10.2. The fourth-order valence-electron chi connectivity index (χ4n) is 1.77. The lowest BCUT2D eigenvalue weighted by atomic mass is 10.0. The Hall–Kier alpha value is -0.890. The van der Waals surface area contributed by atoms with Gasteiger partial charge in [0.2, 0.25) is 0 Å². The average molecular weight is 180 g/mol. The minimum Gasteiger partial charge on any atom is -0.384 e. The van der Waals surface area contributed by atoms with Gasteiger partial charge in [-0.05, 0) is 18.4 Å². The summed E-state index contributed by atoms with van der Waals surface area (Å²) in [4.78, 5) is 11.6. The van der Waals surface area contributed by atoms with Crippen LogP contribution in [0.4, 0.5) is 0 Å². The molecule has 0 saturated heterocycles. The van der Waals surface area contributed by atoms with Gasteiger partial charge in [-0.3, -0.25) is 4.79 Å². The monoisotopic (exact) mass is 180 g/mol. The van der Waals surface area contributed by atoms with E-state index in [4.69, 9.17) is 0 Å². The molecule has 0 aromatic heterocycles. The first-order valence-corrected chi connectivity index (χ1v) is 4.76. The topological polar surface area (TPSA) is 37.3 Å². The summed E-state index contributed by atoms with van der Waals surface area (Å²) in [6, 6.07) is 0. The normalized spacial score (nSPS) is 23.2. The van der Waals surface area contributed by atoms with Crippen molar-refractivity contribution < 1.29 is 9.90 Å². The molecule has 1 rings (SSSR count). The molecule has 0 saturated carbocycles. The molecule has 1 atom stereocenters. The Morgan fingerprint density at radius 3 is 2.54 bits per heavy atom. The van der Waals surface area contributed by atoms with E-state index in [2.05, 4.69) is 6.58 Å². The van der Waals surface area contributed by atoms with Crippen molar-refractivity contribution in [3.63, 3.8) is 0 Å². The van der Waals surface area contributed by atoms with Crippen LogP contribution < -0.4 is 0 Å². The number of carbonyl (C=O) groups excluding carboxylic acids is 1. The predicted octanol–water partition coefficient (Wildman–Crippen LogP) is 1.99. The van der Waals surface area contributed by atoms with Gasteiger partial charge in [-0.25, -0.2) is 0 Å². The molecule has 0 radical (unpaired) electrons. The molecule has 1 aliphatic carbocycles. The van der Waals surface area contributed by atoms with E-state index in [0.29, 0.717) is 5.57 Å². The highest BCUT2D eigenvalue weighted by molar-refractivity contribution is 6.12. The van der Waals surface area contributed by atoms with Crippen LogP contribution in [0.5, 0.6) is 0 Å². The van der Waals surface area contributed by atoms with Crippen molar-refractivity contribution >= 4 is 5.78 Å². The van der Waals surface area contributed by atoms with E-state index in [0.717, 1.165) is 30.4 Å². The lowest BCUT2D eigenvalue weighted by Crippen LogP contribution is -2.09. The quantitative estimate of drug-likeness (QED) is 0.674. The number of rotatable bonds is 3. The Bertz CT molecular complexity index is 274. The van der Waals surface area contributed by atoms with Crippen LogP contribution in [0.25, 0.3) is 0 Å². The molecule has 0 spiro atoms. The molecule has 0 fully saturated rings. The highest BCUT2D eigenvalue weighted by atomic mass is 16.3. The van der Waals surface area contributed by atoms with Crippen molar-refractivity contribution in [1.82, 2.24) is 0 Å². The number of ketones is 1. The maximum absolute atomic E-state index is 11.6. The van der Waals surface area contributed by atoms with Crippen molar-refractivity contribution in [3.05, 3.63) is 23.3 Å². The van der Waals surface area contributed by atoms with Gasteiger partial charge in [0.15, 0.2) is 5.78 Å². The summed E-state index contributed by atoms with van der Waals surface area (Å²) in [5, 5.41) is 9.65. The van der Waals surface area contributed by atoms with Crippen LogP contribution in [0, 0.1) is 0 Å². The van der Waals surface area contributed by atoms with Crippen LogP contribution in [-0.2, 0) is 4.79 Å². The van der Waals surface area contributed by atoms with Crippen LogP contribution >= 0.6 is 0 Å². The molecule has 1 aliphatic rings. The standard InChI is InChI=1S/C11H16O2/c1-4-6-9-8(5-2)10(12)7(3)11(9)13/h10,12H,3-6H2,1-2H3. The molecule has 0 aliphatic heterocycles. The summed E-state index contributed by atoms with van der Waals surface area (Å²) in [7, 11) is 0. The summed E-state index contributed by atoms with van der Waals surface area (Å²) < 4.78 is 0. The molecule has 0 aromatic carbocycles. The second kappa shape index (κ2) is 3.88. The van der Waals surface area contributed by atoms with Crippen molar-refractivity contribution in [1.29, 1.82) is 0 Å². The molecule has 13 heavy (non-hydrogen) atoms. The molecule has 2 nitrogen and oxygen atoms in total. The highest BCUT2D eigenvalue weighted by Gasteiger charge is 2.32. The van der Waals surface area contributed by atoms with Crippen molar-refractivity contribution in [3.8, 4) is 0 Å². The van der Waals surface area contributed by atoms with E-state index in [-0.39, 0.29) is 5.78 Å². The smallest absolute Gasteiger partial charge is 0.187 e. The molecular formula is C11H16O2. The lowest BCUT2D eigenvalue weighted by Gasteiger charge is -2.05. The molecule has 0 amide bonds. The third kappa shape index (κ3) is 1.59. The van der Waals surface area contributed by atoms with Gasteiger partial charge in [0.25, 0.3) is 0 Å². The summed E-state index contributed by atoms with van der Waals surface area (Å²) in [5.74, 6) is -0.0359. The van der Waals surface area contributed by atoms with Crippen LogP contribution in [0.1, 0.15) is 33.1 Å². The Labute approximate surface area is 79.0 Å². The first-order valence-electron chi connectivity index (χ1n) is 4.76. The zero-order chi connectivity index (χ0) is 10.0. The van der Waals surface area contributed by atoms with E-state index < -0.39 is 6.10 Å². The number of aliphatic hydroxyl groups is 1.